The lowest BCUT2D eigenvalue weighted by Gasteiger charge is -2.41. The van der Waals surface area contributed by atoms with E-state index in [1.807, 2.05) is 0 Å². The lowest BCUT2D eigenvalue weighted by atomic mass is 9.88. The summed E-state index contributed by atoms with van der Waals surface area (Å²) in [6.45, 7) is -0.733. The van der Waals surface area contributed by atoms with Crippen LogP contribution in [0.15, 0.2) is 30.3 Å². The Kier molecular flexibility index (Phi) is 8.01. The second-order valence-corrected chi connectivity index (χ2v) is 6.94. The van der Waals surface area contributed by atoms with E-state index in [0.29, 0.717) is 5.56 Å². The van der Waals surface area contributed by atoms with E-state index >= 15 is 0 Å². The Balaban J connectivity index is 3.15. The van der Waals surface area contributed by atoms with Gasteiger partial charge in [-0.1, -0.05) is 30.3 Å². The predicted octanol–water partition coefficient (Wildman–Crippen LogP) is 6.56. The Labute approximate surface area is 169 Å². The highest BCUT2D eigenvalue weighted by Gasteiger charge is 2.89. The summed E-state index contributed by atoms with van der Waals surface area (Å²) in [5, 5.41) is 0. The van der Waals surface area contributed by atoms with Crippen LogP contribution in [-0.4, -0.2) is 42.1 Å². The summed E-state index contributed by atoms with van der Waals surface area (Å²) in [6.07, 6.45) is -6.54. The maximum Gasteiger partial charge on any atom is 0.384 e. The van der Waals surface area contributed by atoms with Crippen molar-refractivity contribution in [2.75, 3.05) is 6.54 Å². The number of hydrogen-bond donors (Lipinski definition) is 1. The third-order valence-electron chi connectivity index (χ3n) is 4.60. The van der Waals surface area contributed by atoms with Gasteiger partial charge in [0.2, 0.25) is 0 Å². The Morgan fingerprint density at radius 3 is 1.32 bits per heavy atom. The van der Waals surface area contributed by atoms with Gasteiger partial charge in [0, 0.05) is 12.8 Å². The van der Waals surface area contributed by atoms with Crippen LogP contribution in [0.3, 0.4) is 0 Å². The van der Waals surface area contributed by atoms with Gasteiger partial charge >= 0.3 is 35.5 Å². The van der Waals surface area contributed by atoms with Crippen LogP contribution < -0.4 is 5.73 Å². The molecule has 2 N–H and O–H groups in total. The topological polar surface area (TPSA) is 26.0 Å². The third kappa shape index (κ3) is 4.90. The van der Waals surface area contributed by atoms with Crippen LogP contribution in [0.5, 0.6) is 0 Å². The minimum absolute atomic E-state index is 0.324. The maximum atomic E-state index is 13.8. The van der Waals surface area contributed by atoms with Crippen molar-refractivity contribution in [1.82, 2.24) is 0 Å². The average molecular weight is 477 g/mol. The van der Waals surface area contributed by atoms with Gasteiger partial charge in [-0.3, -0.25) is 0 Å². The summed E-state index contributed by atoms with van der Waals surface area (Å²) >= 11 is 0. The van der Waals surface area contributed by atoms with E-state index in [0.717, 1.165) is 0 Å². The summed E-state index contributed by atoms with van der Waals surface area (Å²) in [5.74, 6) is -41.0. The van der Waals surface area contributed by atoms with E-state index in [1.165, 1.54) is 30.3 Å². The standard InChI is InChI=1S/C18H19F12N/c19-13(20,9-4-8-12-6-2-1-3-7-12)15(23,24)17(27,28)18(29,30)16(25,26)14(21,22)10-5-11-31/h1-3,6-7H,4-5,8-11,31H2. The molecule has 0 heterocycles. The highest BCUT2D eigenvalue weighted by molar-refractivity contribution is 5.15. The van der Waals surface area contributed by atoms with Gasteiger partial charge in [0.15, 0.2) is 0 Å². The fraction of sp³-hybridized carbons (Fsp3) is 0.667. The molecule has 0 bridgehead atoms. The molecule has 0 aliphatic carbocycles. The van der Waals surface area contributed by atoms with E-state index < -0.39 is 67.8 Å². The quantitative estimate of drug-likeness (QED) is 0.339. The normalized spacial score (nSPS) is 14.7. The van der Waals surface area contributed by atoms with Crippen LogP contribution in [0.25, 0.3) is 0 Å². The van der Waals surface area contributed by atoms with Crippen molar-refractivity contribution in [3.05, 3.63) is 35.9 Å². The number of rotatable bonds is 12. The van der Waals surface area contributed by atoms with Crippen LogP contribution in [0.1, 0.15) is 31.2 Å². The van der Waals surface area contributed by atoms with Gasteiger partial charge in [-0.15, -0.1) is 0 Å². The summed E-state index contributed by atoms with van der Waals surface area (Å²) in [5.41, 5.74) is 5.08. The molecule has 0 aliphatic heterocycles. The third-order valence-corrected chi connectivity index (χ3v) is 4.60. The Hall–Kier alpha value is -1.66. The molecule has 0 saturated carbocycles. The van der Waals surface area contributed by atoms with Crippen LogP contribution in [0, 0.1) is 0 Å². The van der Waals surface area contributed by atoms with E-state index in [1.54, 1.807) is 0 Å². The van der Waals surface area contributed by atoms with Gasteiger partial charge in [-0.2, -0.15) is 52.7 Å². The largest absolute Gasteiger partial charge is 0.384 e. The second-order valence-electron chi connectivity index (χ2n) is 6.94. The van der Waals surface area contributed by atoms with Gasteiger partial charge < -0.3 is 5.73 Å². The van der Waals surface area contributed by atoms with E-state index in [4.69, 9.17) is 5.73 Å². The number of benzene rings is 1. The van der Waals surface area contributed by atoms with Crippen LogP contribution in [0.4, 0.5) is 52.7 Å². The molecule has 0 amide bonds. The Bertz CT molecular complexity index is 703. The zero-order chi connectivity index (χ0) is 24.4. The number of alkyl halides is 12. The molecular formula is C18H19F12N. The maximum absolute atomic E-state index is 13.8. The molecule has 1 rings (SSSR count). The van der Waals surface area contributed by atoms with Crippen molar-refractivity contribution in [3.8, 4) is 0 Å². The van der Waals surface area contributed by atoms with E-state index in [2.05, 4.69) is 0 Å². The van der Waals surface area contributed by atoms with E-state index in [-0.39, 0.29) is 6.42 Å². The highest BCUT2D eigenvalue weighted by atomic mass is 19.4. The first kappa shape index (κ1) is 27.4. The lowest BCUT2D eigenvalue weighted by Crippen LogP contribution is -2.70. The Morgan fingerprint density at radius 1 is 0.548 bits per heavy atom. The molecule has 0 saturated heterocycles. The lowest BCUT2D eigenvalue weighted by molar-refractivity contribution is -0.425. The van der Waals surface area contributed by atoms with Crippen molar-refractivity contribution in [1.29, 1.82) is 0 Å². The summed E-state index contributed by atoms with van der Waals surface area (Å²) in [7, 11) is 0. The number of nitrogens with two attached hydrogens (primary N) is 1. The van der Waals surface area contributed by atoms with Gasteiger partial charge in [0.05, 0.1) is 0 Å². The van der Waals surface area contributed by atoms with Crippen molar-refractivity contribution in [2.24, 2.45) is 5.73 Å². The minimum atomic E-state index is -7.51. The molecule has 180 valence electrons. The summed E-state index contributed by atoms with van der Waals surface area (Å²) < 4.78 is 164. The number of halogens is 12. The molecule has 31 heavy (non-hydrogen) atoms. The number of aryl methyl sites for hydroxylation is 1. The highest BCUT2D eigenvalue weighted by Crippen LogP contribution is 2.61. The Morgan fingerprint density at radius 2 is 0.935 bits per heavy atom. The zero-order valence-corrected chi connectivity index (χ0v) is 15.7. The molecule has 0 aromatic heterocycles. The fourth-order valence-corrected chi connectivity index (χ4v) is 2.65. The molecule has 1 nitrogen and oxygen atoms in total. The van der Waals surface area contributed by atoms with Crippen molar-refractivity contribution >= 4 is 0 Å². The predicted molar refractivity (Wildman–Crippen MR) is 87.4 cm³/mol. The first-order valence-corrected chi connectivity index (χ1v) is 8.90. The summed E-state index contributed by atoms with van der Waals surface area (Å²) in [4.78, 5) is 0. The van der Waals surface area contributed by atoms with E-state index in [9.17, 15) is 52.7 Å². The molecule has 0 atom stereocenters. The van der Waals surface area contributed by atoms with Crippen LogP contribution in [-0.2, 0) is 6.42 Å². The van der Waals surface area contributed by atoms with Gasteiger partial charge in [0.25, 0.3) is 0 Å². The van der Waals surface area contributed by atoms with Crippen molar-refractivity contribution in [2.45, 2.75) is 67.6 Å². The second kappa shape index (κ2) is 9.07. The molecule has 0 aliphatic rings. The minimum Gasteiger partial charge on any atom is -0.330 e. The molecule has 0 fully saturated rings. The molecule has 0 spiro atoms. The first-order chi connectivity index (χ1) is 13.9. The number of hydrogen-bond acceptors (Lipinski definition) is 1. The fourth-order valence-electron chi connectivity index (χ4n) is 2.65. The van der Waals surface area contributed by atoms with Gasteiger partial charge in [-0.05, 0) is 31.4 Å². The SMILES string of the molecule is NCCCC(F)(F)C(F)(F)C(F)(F)C(F)(F)C(F)(F)C(F)(F)CCCc1ccccc1. The average Bonchev–Trinajstić information content (AvgIpc) is 2.66. The molecule has 0 unspecified atom stereocenters. The van der Waals surface area contributed by atoms with Crippen LogP contribution in [0.2, 0.25) is 0 Å². The van der Waals surface area contributed by atoms with Crippen molar-refractivity contribution in [3.63, 3.8) is 0 Å². The molecule has 13 heteroatoms. The smallest absolute Gasteiger partial charge is 0.330 e. The summed E-state index contributed by atoms with van der Waals surface area (Å²) in [6, 6.07) is 7.18. The molecule has 0 radical (unpaired) electrons. The molecule has 1 aromatic rings. The monoisotopic (exact) mass is 477 g/mol. The van der Waals surface area contributed by atoms with Crippen molar-refractivity contribution < 1.29 is 52.7 Å². The zero-order valence-electron chi connectivity index (χ0n) is 15.7. The molecule has 1 aromatic carbocycles. The first-order valence-electron chi connectivity index (χ1n) is 8.90. The van der Waals surface area contributed by atoms with Crippen LogP contribution >= 0.6 is 0 Å². The van der Waals surface area contributed by atoms with Gasteiger partial charge in [-0.25, -0.2) is 0 Å². The molecular weight excluding hydrogens is 458 g/mol. The van der Waals surface area contributed by atoms with Gasteiger partial charge in [0.1, 0.15) is 0 Å².